The lowest BCUT2D eigenvalue weighted by molar-refractivity contribution is 0.768. The van der Waals surface area contributed by atoms with E-state index in [9.17, 15) is 0 Å². The lowest BCUT2D eigenvalue weighted by Gasteiger charge is -2.25. The number of hydrogen-bond donors (Lipinski definition) is 1. The highest BCUT2D eigenvalue weighted by molar-refractivity contribution is 6.36. The van der Waals surface area contributed by atoms with Crippen LogP contribution in [0.2, 0.25) is 10.0 Å². The van der Waals surface area contributed by atoms with Crippen molar-refractivity contribution < 1.29 is 0 Å². The molecule has 2 N–H and O–H groups in total. The SMILES string of the molecule is CCCN(Cc1c(Cl)cccc1Cl)c1ccc(N)cc1. The van der Waals surface area contributed by atoms with E-state index in [1.54, 1.807) is 0 Å². The summed E-state index contributed by atoms with van der Waals surface area (Å²) >= 11 is 12.5. The molecule has 2 aromatic rings. The van der Waals surface area contributed by atoms with Crippen molar-refractivity contribution in [1.82, 2.24) is 0 Å². The summed E-state index contributed by atoms with van der Waals surface area (Å²) in [4.78, 5) is 2.26. The van der Waals surface area contributed by atoms with Crippen LogP contribution in [0, 0.1) is 0 Å². The van der Waals surface area contributed by atoms with E-state index < -0.39 is 0 Å². The Balaban J connectivity index is 2.28. The molecule has 0 heterocycles. The standard InChI is InChI=1S/C16H18Cl2N2/c1-2-10-20(13-8-6-12(19)7-9-13)11-14-15(17)4-3-5-16(14)18/h3-9H,2,10-11,19H2,1H3. The average Bonchev–Trinajstić information content (AvgIpc) is 2.43. The summed E-state index contributed by atoms with van der Waals surface area (Å²) in [7, 11) is 0. The third kappa shape index (κ3) is 3.59. The molecule has 0 aliphatic heterocycles. The van der Waals surface area contributed by atoms with Crippen molar-refractivity contribution in [3.05, 3.63) is 58.1 Å². The second kappa shape index (κ2) is 6.87. The molecule has 0 atom stereocenters. The molecule has 20 heavy (non-hydrogen) atoms. The van der Waals surface area contributed by atoms with Gasteiger partial charge in [-0.25, -0.2) is 0 Å². The number of nitrogens with two attached hydrogens (primary N) is 1. The van der Waals surface area contributed by atoms with Gasteiger partial charge in [-0.2, -0.15) is 0 Å². The van der Waals surface area contributed by atoms with Gasteiger partial charge in [0.25, 0.3) is 0 Å². The molecule has 0 aliphatic carbocycles. The Morgan fingerprint density at radius 2 is 1.60 bits per heavy atom. The quantitative estimate of drug-likeness (QED) is 0.788. The van der Waals surface area contributed by atoms with Gasteiger partial charge in [-0.15, -0.1) is 0 Å². The minimum absolute atomic E-state index is 0.691. The van der Waals surface area contributed by atoms with Crippen LogP contribution in [-0.4, -0.2) is 6.54 Å². The molecule has 0 saturated heterocycles. The van der Waals surface area contributed by atoms with Crippen LogP contribution in [0.3, 0.4) is 0 Å². The number of nitrogen functional groups attached to an aromatic ring is 1. The van der Waals surface area contributed by atoms with Gasteiger partial charge in [0.05, 0.1) is 0 Å². The lowest BCUT2D eigenvalue weighted by Crippen LogP contribution is -2.23. The number of rotatable bonds is 5. The van der Waals surface area contributed by atoms with Gasteiger partial charge in [0.15, 0.2) is 0 Å². The average molecular weight is 309 g/mol. The number of benzene rings is 2. The van der Waals surface area contributed by atoms with Gasteiger partial charge in [0.1, 0.15) is 0 Å². The van der Waals surface area contributed by atoms with Crippen LogP contribution in [-0.2, 0) is 6.54 Å². The van der Waals surface area contributed by atoms with Gasteiger partial charge in [0.2, 0.25) is 0 Å². The maximum Gasteiger partial charge on any atom is 0.0470 e. The zero-order valence-corrected chi connectivity index (χ0v) is 13.0. The third-order valence-electron chi connectivity index (χ3n) is 3.16. The molecular formula is C16H18Cl2N2. The van der Waals surface area contributed by atoms with Crippen LogP contribution in [0.4, 0.5) is 11.4 Å². The predicted molar refractivity (Wildman–Crippen MR) is 88.7 cm³/mol. The monoisotopic (exact) mass is 308 g/mol. The highest BCUT2D eigenvalue weighted by Gasteiger charge is 2.11. The molecule has 106 valence electrons. The van der Waals surface area contributed by atoms with Crippen molar-refractivity contribution in [2.45, 2.75) is 19.9 Å². The van der Waals surface area contributed by atoms with Crippen molar-refractivity contribution in [2.75, 3.05) is 17.2 Å². The van der Waals surface area contributed by atoms with Crippen LogP contribution in [0.1, 0.15) is 18.9 Å². The lowest BCUT2D eigenvalue weighted by atomic mass is 10.1. The first-order chi connectivity index (χ1) is 9.61. The number of halogens is 2. The fraction of sp³-hybridized carbons (Fsp3) is 0.250. The summed E-state index contributed by atoms with van der Waals surface area (Å²) in [6.45, 7) is 3.78. The molecule has 0 aliphatic rings. The Morgan fingerprint density at radius 3 is 2.15 bits per heavy atom. The first-order valence-corrected chi connectivity index (χ1v) is 7.40. The van der Waals surface area contributed by atoms with E-state index in [4.69, 9.17) is 28.9 Å². The molecule has 0 saturated carbocycles. The Morgan fingerprint density at radius 1 is 1.00 bits per heavy atom. The predicted octanol–water partition coefficient (Wildman–Crippen LogP) is 4.99. The van der Waals surface area contributed by atoms with Crippen LogP contribution < -0.4 is 10.6 Å². The molecule has 0 unspecified atom stereocenters. The molecule has 0 aromatic heterocycles. The van der Waals surface area contributed by atoms with Crippen molar-refractivity contribution in [2.24, 2.45) is 0 Å². The zero-order valence-electron chi connectivity index (χ0n) is 11.4. The summed E-state index contributed by atoms with van der Waals surface area (Å²) in [6.07, 6.45) is 1.05. The number of nitrogens with zero attached hydrogens (tertiary/aromatic N) is 1. The molecule has 0 radical (unpaired) electrons. The van der Waals surface area contributed by atoms with Gasteiger partial charge in [0, 0.05) is 40.1 Å². The molecule has 0 amide bonds. The van der Waals surface area contributed by atoms with Crippen molar-refractivity contribution in [3.63, 3.8) is 0 Å². The Kier molecular flexibility index (Phi) is 5.16. The van der Waals surface area contributed by atoms with Crippen LogP contribution in [0.5, 0.6) is 0 Å². The van der Waals surface area contributed by atoms with Gasteiger partial charge in [-0.1, -0.05) is 36.2 Å². The normalized spacial score (nSPS) is 10.6. The fourth-order valence-corrected chi connectivity index (χ4v) is 2.65. The largest absolute Gasteiger partial charge is 0.399 e. The van der Waals surface area contributed by atoms with Gasteiger partial charge in [-0.3, -0.25) is 0 Å². The highest BCUT2D eigenvalue weighted by Crippen LogP contribution is 2.28. The molecule has 2 aromatic carbocycles. The smallest absolute Gasteiger partial charge is 0.0470 e. The molecule has 0 fully saturated rings. The summed E-state index contributed by atoms with van der Waals surface area (Å²) in [5.74, 6) is 0. The van der Waals surface area contributed by atoms with E-state index in [2.05, 4.69) is 11.8 Å². The van der Waals surface area contributed by atoms with Crippen LogP contribution in [0.25, 0.3) is 0 Å². The second-order valence-corrected chi connectivity index (χ2v) is 5.53. The molecule has 2 rings (SSSR count). The van der Waals surface area contributed by atoms with Crippen molar-refractivity contribution in [3.8, 4) is 0 Å². The summed E-state index contributed by atoms with van der Waals surface area (Å²) in [5, 5.41) is 1.41. The van der Waals surface area contributed by atoms with Crippen LogP contribution in [0.15, 0.2) is 42.5 Å². The maximum atomic E-state index is 6.26. The van der Waals surface area contributed by atoms with E-state index in [-0.39, 0.29) is 0 Å². The summed E-state index contributed by atoms with van der Waals surface area (Å²) in [5.41, 5.74) is 8.59. The van der Waals surface area contributed by atoms with E-state index in [1.807, 2.05) is 42.5 Å². The minimum atomic E-state index is 0.691. The number of hydrogen-bond acceptors (Lipinski definition) is 2. The number of anilines is 2. The maximum absolute atomic E-state index is 6.26. The molecule has 0 spiro atoms. The van der Waals surface area contributed by atoms with E-state index >= 15 is 0 Å². The van der Waals surface area contributed by atoms with E-state index in [0.29, 0.717) is 16.6 Å². The van der Waals surface area contributed by atoms with Gasteiger partial charge in [-0.05, 0) is 42.8 Å². The summed E-state index contributed by atoms with van der Waals surface area (Å²) < 4.78 is 0. The van der Waals surface area contributed by atoms with Crippen molar-refractivity contribution >= 4 is 34.6 Å². The molecule has 2 nitrogen and oxygen atoms in total. The second-order valence-electron chi connectivity index (χ2n) is 4.71. The molecule has 4 heteroatoms. The Hall–Kier alpha value is -1.38. The first-order valence-electron chi connectivity index (χ1n) is 6.65. The van der Waals surface area contributed by atoms with Crippen molar-refractivity contribution in [1.29, 1.82) is 0 Å². The third-order valence-corrected chi connectivity index (χ3v) is 3.87. The minimum Gasteiger partial charge on any atom is -0.399 e. The fourth-order valence-electron chi connectivity index (χ4n) is 2.13. The molecular weight excluding hydrogens is 291 g/mol. The Bertz CT molecular complexity index is 547. The van der Waals surface area contributed by atoms with Gasteiger partial charge >= 0.3 is 0 Å². The first kappa shape index (κ1) is 15.0. The van der Waals surface area contributed by atoms with Gasteiger partial charge < -0.3 is 10.6 Å². The summed E-state index contributed by atoms with van der Waals surface area (Å²) in [6, 6.07) is 13.5. The highest BCUT2D eigenvalue weighted by atomic mass is 35.5. The zero-order chi connectivity index (χ0) is 14.5. The molecule has 0 bridgehead atoms. The van der Waals surface area contributed by atoms with E-state index in [1.165, 1.54) is 0 Å². The van der Waals surface area contributed by atoms with E-state index in [0.717, 1.165) is 29.9 Å². The topological polar surface area (TPSA) is 29.3 Å². The van der Waals surface area contributed by atoms with Crippen LogP contribution >= 0.6 is 23.2 Å². The Labute approximate surface area is 130 Å².